The molecule has 0 aliphatic heterocycles. The molecule has 0 fully saturated rings. The van der Waals surface area contributed by atoms with Crippen molar-refractivity contribution in [3.63, 3.8) is 0 Å². The van der Waals surface area contributed by atoms with E-state index in [-0.39, 0.29) is 0 Å². The van der Waals surface area contributed by atoms with E-state index in [0.29, 0.717) is 0 Å². The highest BCUT2D eigenvalue weighted by Crippen LogP contribution is 2.14. The van der Waals surface area contributed by atoms with Crippen LogP contribution in [0.1, 0.15) is 11.1 Å². The molecule has 1 rings (SSSR count). The Morgan fingerprint density at radius 3 is 2.22 bits per heavy atom. The lowest BCUT2D eigenvalue weighted by Gasteiger charge is -1.97. The topological polar surface area (TPSA) is 0 Å². The molecule has 0 spiro atoms. The molecule has 1 heteroatoms. The molecule has 0 radical (unpaired) electrons. The first kappa shape index (κ1) is 6.81. The molecule has 0 atom stereocenters. The maximum absolute atomic E-state index is 3.40. The van der Waals surface area contributed by atoms with Gasteiger partial charge < -0.3 is 0 Å². The van der Waals surface area contributed by atoms with Gasteiger partial charge in [0, 0.05) is 4.47 Å². The monoisotopic (exact) mass is 184 g/mol. The van der Waals surface area contributed by atoms with E-state index in [0.717, 1.165) is 4.47 Å². The summed E-state index contributed by atoms with van der Waals surface area (Å²) in [6, 6.07) is 6.29. The van der Waals surface area contributed by atoms with E-state index in [1.807, 2.05) is 0 Å². The maximum Gasteiger partial charge on any atom is 0.0178 e. The van der Waals surface area contributed by atoms with Crippen LogP contribution in [0.25, 0.3) is 0 Å². The molecule has 0 unspecified atom stereocenters. The predicted molar refractivity (Wildman–Crippen MR) is 43.6 cm³/mol. The summed E-state index contributed by atoms with van der Waals surface area (Å²) in [5.74, 6) is 0. The van der Waals surface area contributed by atoms with E-state index < -0.39 is 0 Å². The predicted octanol–water partition coefficient (Wildman–Crippen LogP) is 3.07. The highest BCUT2D eigenvalue weighted by atomic mass is 79.9. The van der Waals surface area contributed by atoms with Gasteiger partial charge in [0.2, 0.25) is 0 Å². The molecule has 1 aromatic rings. The number of hydrogen-bond acceptors (Lipinski definition) is 0. The van der Waals surface area contributed by atoms with Crippen molar-refractivity contribution in [3.05, 3.63) is 33.8 Å². The van der Waals surface area contributed by atoms with E-state index in [1.165, 1.54) is 11.1 Å². The van der Waals surface area contributed by atoms with E-state index in [2.05, 4.69) is 48.0 Å². The average molecular weight is 185 g/mol. The molecule has 0 aromatic heterocycles. The average Bonchev–Trinajstić information content (AvgIpc) is 1.80. The highest BCUT2D eigenvalue weighted by molar-refractivity contribution is 9.10. The van der Waals surface area contributed by atoms with Crippen LogP contribution in [0.3, 0.4) is 0 Å². The van der Waals surface area contributed by atoms with Crippen LogP contribution in [-0.4, -0.2) is 0 Å². The fourth-order valence-electron chi connectivity index (χ4n) is 0.705. The molecule has 0 amide bonds. The summed E-state index contributed by atoms with van der Waals surface area (Å²) in [6.45, 7) is 4.22. The van der Waals surface area contributed by atoms with Gasteiger partial charge in [-0.05, 0) is 37.1 Å². The van der Waals surface area contributed by atoms with Crippen LogP contribution in [0.15, 0.2) is 22.7 Å². The van der Waals surface area contributed by atoms with Gasteiger partial charge in [0.05, 0.1) is 0 Å². The molecule has 0 saturated carbocycles. The summed E-state index contributed by atoms with van der Waals surface area (Å²) in [7, 11) is 0. The Labute approximate surface area is 64.0 Å². The normalized spacial score (nSPS) is 9.67. The fourth-order valence-corrected chi connectivity index (χ4v) is 1.18. The van der Waals surface area contributed by atoms with Crippen LogP contribution < -0.4 is 0 Å². The first-order chi connectivity index (χ1) is 4.20. The smallest absolute Gasteiger partial charge is 0.0178 e. The maximum atomic E-state index is 3.40. The van der Waals surface area contributed by atoms with Gasteiger partial charge in [-0.2, -0.15) is 0 Å². The molecule has 0 bridgehead atoms. The Hall–Kier alpha value is -0.300. The Morgan fingerprint density at radius 2 is 1.78 bits per heavy atom. The Kier molecular flexibility index (Phi) is 1.91. The van der Waals surface area contributed by atoms with Crippen molar-refractivity contribution in [1.29, 1.82) is 0 Å². The summed E-state index contributed by atoms with van der Waals surface area (Å²) < 4.78 is 1.16. The number of halogens is 1. The van der Waals surface area contributed by atoms with Crippen LogP contribution in [0.5, 0.6) is 0 Å². The van der Waals surface area contributed by atoms with Gasteiger partial charge >= 0.3 is 0 Å². The van der Waals surface area contributed by atoms with Crippen molar-refractivity contribution in [3.8, 4) is 0 Å². The van der Waals surface area contributed by atoms with Crippen molar-refractivity contribution in [2.24, 2.45) is 0 Å². The van der Waals surface area contributed by atoms with Gasteiger partial charge in [-0.25, -0.2) is 0 Å². The Bertz CT molecular complexity index is 216. The van der Waals surface area contributed by atoms with Crippen LogP contribution in [0, 0.1) is 13.8 Å². The van der Waals surface area contributed by atoms with Gasteiger partial charge in [-0.3, -0.25) is 0 Å². The second-order valence-electron chi connectivity index (χ2n) is 2.23. The lowest BCUT2D eigenvalue weighted by atomic mass is 10.1. The van der Waals surface area contributed by atoms with Crippen LogP contribution in [0.4, 0.5) is 0 Å². The van der Waals surface area contributed by atoms with E-state index in [9.17, 15) is 0 Å². The molecule has 0 N–H and O–H groups in total. The fraction of sp³-hybridized carbons (Fsp3) is 0.250. The molecule has 0 heterocycles. The quantitative estimate of drug-likeness (QED) is 0.582. The van der Waals surface area contributed by atoms with E-state index >= 15 is 0 Å². The van der Waals surface area contributed by atoms with E-state index in [4.69, 9.17) is 0 Å². The van der Waals surface area contributed by atoms with Crippen LogP contribution in [-0.2, 0) is 0 Å². The van der Waals surface area contributed by atoms with Crippen LogP contribution >= 0.6 is 15.9 Å². The Balaban J connectivity index is 3.17. The molecule has 9 heavy (non-hydrogen) atoms. The van der Waals surface area contributed by atoms with Crippen molar-refractivity contribution < 1.29 is 0 Å². The highest BCUT2D eigenvalue weighted by Gasteiger charge is 1.90. The zero-order valence-electron chi connectivity index (χ0n) is 5.61. The van der Waals surface area contributed by atoms with Gasteiger partial charge in [0.1, 0.15) is 0 Å². The Morgan fingerprint density at radius 1 is 1.11 bits per heavy atom. The van der Waals surface area contributed by atoms with Crippen molar-refractivity contribution >= 4 is 15.9 Å². The van der Waals surface area contributed by atoms with Gasteiger partial charge in [0.15, 0.2) is 0 Å². The van der Waals surface area contributed by atoms with Gasteiger partial charge in [-0.1, -0.05) is 22.0 Å². The molecule has 48 valence electrons. The first-order valence-electron chi connectivity index (χ1n) is 2.93. The molecule has 0 aliphatic carbocycles. The third-order valence-corrected chi connectivity index (χ3v) is 1.96. The second kappa shape index (κ2) is 2.53. The minimum atomic E-state index is 1.16. The second-order valence-corrected chi connectivity index (χ2v) is 3.14. The molecule has 0 nitrogen and oxygen atoms in total. The van der Waals surface area contributed by atoms with Gasteiger partial charge in [-0.15, -0.1) is 0 Å². The number of aryl methyl sites for hydroxylation is 2. The summed E-state index contributed by atoms with van der Waals surface area (Å²) >= 11 is 3.40. The van der Waals surface area contributed by atoms with Crippen molar-refractivity contribution in [2.75, 3.05) is 0 Å². The van der Waals surface area contributed by atoms with Crippen LogP contribution in [0.2, 0.25) is 0 Å². The minimum absolute atomic E-state index is 1.16. The lowest BCUT2D eigenvalue weighted by molar-refractivity contribution is 1.33. The SMILES string of the molecule is Cc1ccc(Br)cc1C. The summed E-state index contributed by atoms with van der Waals surface area (Å²) in [5.41, 5.74) is 2.68. The number of benzene rings is 1. The molecular formula is C8H9Br. The standard InChI is InChI=1S/C8H9Br/c1-6-3-4-8(9)5-7(6)2/h3-5H,1-2H3. The number of rotatable bonds is 0. The zero-order valence-corrected chi connectivity index (χ0v) is 7.20. The van der Waals surface area contributed by atoms with Crippen molar-refractivity contribution in [2.45, 2.75) is 13.8 Å². The van der Waals surface area contributed by atoms with Crippen molar-refractivity contribution in [1.82, 2.24) is 0 Å². The molecule has 0 saturated heterocycles. The lowest BCUT2D eigenvalue weighted by Crippen LogP contribution is -1.77. The molecular weight excluding hydrogens is 176 g/mol. The summed E-state index contributed by atoms with van der Waals surface area (Å²) in [4.78, 5) is 0. The summed E-state index contributed by atoms with van der Waals surface area (Å²) in [5, 5.41) is 0. The molecule has 1 aromatic carbocycles. The summed E-state index contributed by atoms with van der Waals surface area (Å²) in [6.07, 6.45) is 0. The third kappa shape index (κ3) is 1.55. The first-order valence-corrected chi connectivity index (χ1v) is 3.72. The number of hydrogen-bond donors (Lipinski definition) is 0. The van der Waals surface area contributed by atoms with E-state index in [1.54, 1.807) is 0 Å². The largest absolute Gasteiger partial charge is 0.0579 e. The minimum Gasteiger partial charge on any atom is -0.0579 e. The third-order valence-electron chi connectivity index (χ3n) is 1.47. The van der Waals surface area contributed by atoms with Gasteiger partial charge in [0.25, 0.3) is 0 Å². The molecule has 0 aliphatic rings. The zero-order chi connectivity index (χ0) is 6.85.